The van der Waals surface area contributed by atoms with Crippen LogP contribution in [0.3, 0.4) is 0 Å². The highest BCUT2D eigenvalue weighted by Gasteiger charge is 2.29. The molecule has 118 valence electrons. The Labute approximate surface area is 126 Å². The molecule has 1 amide bonds. The van der Waals surface area contributed by atoms with Crippen LogP contribution in [0.25, 0.3) is 0 Å². The molecular formula is C15H26N4O2. The topological polar surface area (TPSA) is 70.4 Å². The zero-order valence-electron chi connectivity index (χ0n) is 13.2. The Hall–Kier alpha value is -1.40. The molecule has 1 unspecified atom stereocenters. The molecule has 6 nitrogen and oxygen atoms in total. The highest BCUT2D eigenvalue weighted by Crippen LogP contribution is 2.20. The molecule has 6 heteroatoms. The third kappa shape index (κ3) is 3.44. The maximum atomic E-state index is 12.1. The van der Waals surface area contributed by atoms with Crippen LogP contribution in [0.15, 0.2) is 0 Å². The van der Waals surface area contributed by atoms with E-state index in [1.165, 1.54) is 5.56 Å². The molecule has 2 rings (SSSR count). The van der Waals surface area contributed by atoms with Crippen molar-refractivity contribution in [3.05, 3.63) is 17.0 Å². The molecule has 0 saturated carbocycles. The zero-order chi connectivity index (χ0) is 15.4. The van der Waals surface area contributed by atoms with E-state index in [0.717, 1.165) is 37.3 Å². The molecule has 1 aromatic heterocycles. The van der Waals surface area contributed by atoms with Crippen LogP contribution in [0, 0.1) is 13.8 Å². The summed E-state index contributed by atoms with van der Waals surface area (Å²) < 4.78 is 1.85. The van der Waals surface area contributed by atoms with Gasteiger partial charge in [0.05, 0.1) is 24.9 Å². The van der Waals surface area contributed by atoms with Crippen molar-refractivity contribution in [2.45, 2.75) is 52.7 Å². The maximum Gasteiger partial charge on any atom is 0.237 e. The van der Waals surface area contributed by atoms with Crippen LogP contribution < -0.4 is 5.32 Å². The number of aliphatic hydroxyl groups excluding tert-OH is 1. The van der Waals surface area contributed by atoms with Gasteiger partial charge in [-0.1, -0.05) is 13.3 Å². The van der Waals surface area contributed by atoms with Gasteiger partial charge in [-0.15, -0.1) is 0 Å². The minimum atomic E-state index is -0.0382. The number of piperazine rings is 1. The maximum absolute atomic E-state index is 12.1. The van der Waals surface area contributed by atoms with E-state index in [1.54, 1.807) is 0 Å². The third-order valence-corrected chi connectivity index (χ3v) is 4.21. The molecular weight excluding hydrogens is 268 g/mol. The van der Waals surface area contributed by atoms with Crippen LogP contribution in [0.5, 0.6) is 0 Å². The highest BCUT2D eigenvalue weighted by atomic mass is 16.3. The highest BCUT2D eigenvalue weighted by molar-refractivity contribution is 5.82. The summed E-state index contributed by atoms with van der Waals surface area (Å²) in [7, 11) is 0. The molecule has 0 bridgehead atoms. The Balaban J connectivity index is 2.17. The SMILES string of the molecule is CCCC1C(=O)NCCN1Cc1c(C)nn(CCO)c1C. The Bertz CT molecular complexity index is 498. The molecule has 0 aliphatic carbocycles. The number of aliphatic hydroxyl groups is 1. The van der Waals surface area contributed by atoms with Crippen molar-refractivity contribution in [2.75, 3.05) is 19.7 Å². The van der Waals surface area contributed by atoms with Gasteiger partial charge in [0.1, 0.15) is 0 Å². The molecule has 1 fully saturated rings. The van der Waals surface area contributed by atoms with E-state index < -0.39 is 0 Å². The van der Waals surface area contributed by atoms with Crippen molar-refractivity contribution in [3.8, 4) is 0 Å². The van der Waals surface area contributed by atoms with E-state index in [-0.39, 0.29) is 18.6 Å². The first-order valence-electron chi connectivity index (χ1n) is 7.74. The van der Waals surface area contributed by atoms with Crippen LogP contribution in [0.1, 0.15) is 36.7 Å². The van der Waals surface area contributed by atoms with E-state index in [9.17, 15) is 4.79 Å². The third-order valence-electron chi connectivity index (χ3n) is 4.21. The number of amides is 1. The Morgan fingerprint density at radius 2 is 2.19 bits per heavy atom. The van der Waals surface area contributed by atoms with Crippen molar-refractivity contribution in [1.29, 1.82) is 0 Å². The first-order valence-corrected chi connectivity index (χ1v) is 7.74. The van der Waals surface area contributed by atoms with E-state index in [4.69, 9.17) is 5.11 Å². The molecule has 1 aromatic rings. The van der Waals surface area contributed by atoms with Gasteiger partial charge in [-0.05, 0) is 20.3 Å². The van der Waals surface area contributed by atoms with Crippen molar-refractivity contribution < 1.29 is 9.90 Å². The Kier molecular flexibility index (Phi) is 5.36. The largest absolute Gasteiger partial charge is 0.394 e. The number of nitrogens with one attached hydrogen (secondary N) is 1. The second-order valence-corrected chi connectivity index (χ2v) is 5.66. The summed E-state index contributed by atoms with van der Waals surface area (Å²) in [5.41, 5.74) is 3.25. The standard InChI is InChI=1S/C15H26N4O2/c1-4-5-14-15(21)16-6-7-18(14)10-13-11(2)17-19(8-9-20)12(13)3/h14,20H,4-10H2,1-3H3,(H,16,21). The quantitative estimate of drug-likeness (QED) is 0.806. The van der Waals surface area contributed by atoms with E-state index in [0.29, 0.717) is 13.1 Å². The van der Waals surface area contributed by atoms with Crippen molar-refractivity contribution in [3.63, 3.8) is 0 Å². The van der Waals surface area contributed by atoms with Gasteiger partial charge in [0, 0.05) is 30.9 Å². The molecule has 0 aromatic carbocycles. The predicted molar refractivity (Wildman–Crippen MR) is 80.9 cm³/mol. The summed E-state index contributed by atoms with van der Waals surface area (Å²) in [6.07, 6.45) is 1.88. The lowest BCUT2D eigenvalue weighted by molar-refractivity contribution is -0.129. The van der Waals surface area contributed by atoms with Crippen LogP contribution >= 0.6 is 0 Å². The number of carbonyl (C=O) groups excluding carboxylic acids is 1. The normalized spacial score (nSPS) is 19.8. The molecule has 1 aliphatic rings. The van der Waals surface area contributed by atoms with Gasteiger partial charge in [0.25, 0.3) is 0 Å². The van der Waals surface area contributed by atoms with Gasteiger partial charge in [0.2, 0.25) is 5.91 Å². The number of hydrogen-bond acceptors (Lipinski definition) is 4. The lowest BCUT2D eigenvalue weighted by Gasteiger charge is -2.35. The van der Waals surface area contributed by atoms with Gasteiger partial charge in [-0.25, -0.2) is 0 Å². The van der Waals surface area contributed by atoms with Gasteiger partial charge in [0.15, 0.2) is 0 Å². The fourth-order valence-corrected chi connectivity index (χ4v) is 3.02. The molecule has 1 aliphatic heterocycles. The second kappa shape index (κ2) is 7.04. The number of nitrogens with zero attached hydrogens (tertiary/aromatic N) is 3. The van der Waals surface area contributed by atoms with Gasteiger partial charge in [-0.2, -0.15) is 5.10 Å². The molecule has 21 heavy (non-hydrogen) atoms. The summed E-state index contributed by atoms with van der Waals surface area (Å²) in [4.78, 5) is 14.3. The molecule has 0 radical (unpaired) electrons. The van der Waals surface area contributed by atoms with Crippen LogP contribution in [-0.2, 0) is 17.9 Å². The average Bonchev–Trinajstić information content (AvgIpc) is 2.71. The first-order chi connectivity index (χ1) is 10.1. The second-order valence-electron chi connectivity index (χ2n) is 5.66. The minimum absolute atomic E-state index is 0.0382. The fourth-order valence-electron chi connectivity index (χ4n) is 3.02. The number of aryl methyl sites for hydroxylation is 1. The molecule has 0 spiro atoms. The molecule has 1 saturated heterocycles. The van der Waals surface area contributed by atoms with Crippen molar-refractivity contribution in [1.82, 2.24) is 20.0 Å². The summed E-state index contributed by atoms with van der Waals surface area (Å²) in [5.74, 6) is 0.140. The summed E-state index contributed by atoms with van der Waals surface area (Å²) in [6, 6.07) is -0.0382. The molecule has 1 atom stereocenters. The fraction of sp³-hybridized carbons (Fsp3) is 0.733. The Morgan fingerprint density at radius 3 is 2.86 bits per heavy atom. The smallest absolute Gasteiger partial charge is 0.237 e. The van der Waals surface area contributed by atoms with Crippen molar-refractivity contribution in [2.24, 2.45) is 0 Å². The van der Waals surface area contributed by atoms with Crippen LogP contribution in [-0.4, -0.2) is 51.4 Å². The first kappa shape index (κ1) is 16.0. The number of rotatable bonds is 6. The average molecular weight is 294 g/mol. The summed E-state index contributed by atoms with van der Waals surface area (Å²) in [5, 5.41) is 16.5. The summed E-state index contributed by atoms with van der Waals surface area (Å²) in [6.45, 7) is 9.08. The number of hydrogen-bond donors (Lipinski definition) is 2. The molecule has 2 heterocycles. The predicted octanol–water partition coefficient (Wildman–Crippen LogP) is 0.593. The van der Waals surface area contributed by atoms with Gasteiger partial charge >= 0.3 is 0 Å². The molecule has 2 N–H and O–H groups in total. The van der Waals surface area contributed by atoms with Crippen molar-refractivity contribution >= 4 is 5.91 Å². The number of aromatic nitrogens is 2. The zero-order valence-corrected chi connectivity index (χ0v) is 13.2. The van der Waals surface area contributed by atoms with Gasteiger partial charge < -0.3 is 10.4 Å². The van der Waals surface area contributed by atoms with Gasteiger partial charge in [-0.3, -0.25) is 14.4 Å². The monoisotopic (exact) mass is 294 g/mol. The lowest BCUT2D eigenvalue weighted by atomic mass is 10.0. The van der Waals surface area contributed by atoms with E-state index >= 15 is 0 Å². The minimum Gasteiger partial charge on any atom is -0.394 e. The number of carbonyl (C=O) groups is 1. The Morgan fingerprint density at radius 1 is 1.43 bits per heavy atom. The van der Waals surface area contributed by atoms with Crippen LogP contribution in [0.2, 0.25) is 0 Å². The van der Waals surface area contributed by atoms with E-state index in [1.807, 2.05) is 18.5 Å². The lowest BCUT2D eigenvalue weighted by Crippen LogP contribution is -2.54. The summed E-state index contributed by atoms with van der Waals surface area (Å²) >= 11 is 0. The van der Waals surface area contributed by atoms with E-state index in [2.05, 4.69) is 22.2 Å². The van der Waals surface area contributed by atoms with Crippen LogP contribution in [0.4, 0.5) is 0 Å².